The van der Waals surface area contributed by atoms with E-state index in [1.165, 1.54) is 152 Å². The van der Waals surface area contributed by atoms with Gasteiger partial charge in [-0.15, -0.1) is 0 Å². The number of hydrogen-bond donors (Lipinski definition) is 0. The molecule has 3 unspecified atom stereocenters. The number of aryl methyl sites for hydroxylation is 3. The smallest absolute Gasteiger partial charge is 0.591 e. The van der Waals surface area contributed by atoms with Crippen LogP contribution in [0.25, 0.3) is 0 Å². The van der Waals surface area contributed by atoms with Crippen molar-refractivity contribution in [2.45, 2.75) is 175 Å². The fourth-order valence-electron chi connectivity index (χ4n) is 6.21. The molecule has 3 rings (SSSR count). The Hall–Kier alpha value is -0.809. The molecule has 1 radical (unpaired) electrons. The zero-order valence-electron chi connectivity index (χ0n) is 34.2. The molecule has 3 aromatic carbocycles. The molecule has 6 nitrogen and oxygen atoms in total. The Bertz CT molecular complexity index is 1220. The molecule has 0 aliphatic rings. The van der Waals surface area contributed by atoms with Gasteiger partial charge >= 0.3 is 64.9 Å². The molecule has 0 fully saturated rings. The van der Waals surface area contributed by atoms with Gasteiger partial charge in [0.25, 0.3) is 0 Å². The normalized spacial score (nSPS) is 11.3. The van der Waals surface area contributed by atoms with Gasteiger partial charge in [-0.1, -0.05) is 186 Å². The predicted octanol–water partition coefficient (Wildman–Crippen LogP) is 11.1. The van der Waals surface area contributed by atoms with Gasteiger partial charge in [-0.2, -0.15) is 0 Å². The predicted molar refractivity (Wildman–Crippen MR) is 226 cm³/mol. The Morgan fingerprint density at radius 1 is 0.327 bits per heavy atom. The van der Waals surface area contributed by atoms with Crippen LogP contribution in [0.2, 0.25) is 0 Å². The third kappa shape index (κ3) is 30.0. The van der Waals surface area contributed by atoms with Crippen LogP contribution in [-0.4, -0.2) is 0 Å². The average Bonchev–Trinajstić information content (AvgIpc) is 3.18. The van der Waals surface area contributed by atoms with Crippen molar-refractivity contribution in [2.24, 2.45) is 0 Å². The monoisotopic (exact) mass is 940 g/mol. The maximum absolute atomic E-state index is 10.7. The van der Waals surface area contributed by atoms with Gasteiger partial charge in [0.05, 0.1) is 0 Å². The van der Waals surface area contributed by atoms with Gasteiger partial charge in [0, 0.05) is 0 Å². The average molecular weight is 943 g/mol. The largest absolute Gasteiger partial charge is 3.00 e. The molecule has 0 bridgehead atoms. The van der Waals surface area contributed by atoms with Gasteiger partial charge in [-0.05, 0) is 91.6 Å². The topological polar surface area (TPSA) is 120 Å². The van der Waals surface area contributed by atoms with Gasteiger partial charge in [-0.3, -0.25) is 0 Å². The van der Waals surface area contributed by atoms with E-state index in [1.54, 1.807) is 36.4 Å². The standard InChI is InChI=1S/3C15H23O2P.Nd/c3*1-2-3-4-5-6-7-8-9-14-10-12-15(13-11-14)18(16)17;/h3*10-13H,2-9H2,1H3;/q;;;+3. The zero-order chi connectivity index (χ0) is 39.7. The molecule has 0 aliphatic heterocycles. The van der Waals surface area contributed by atoms with Crippen molar-refractivity contribution in [2.75, 3.05) is 0 Å². The third-order valence-electron chi connectivity index (χ3n) is 9.65. The van der Waals surface area contributed by atoms with Crippen molar-refractivity contribution >= 4 is 40.0 Å². The van der Waals surface area contributed by atoms with Crippen molar-refractivity contribution in [3.63, 3.8) is 0 Å². The molecule has 301 valence electrons. The first kappa shape index (κ1) is 54.2. The van der Waals surface area contributed by atoms with E-state index >= 15 is 0 Å². The molecule has 3 atom stereocenters. The third-order valence-corrected chi connectivity index (χ3v) is 11.8. The van der Waals surface area contributed by atoms with Crippen LogP contribution in [0, 0.1) is 40.8 Å². The number of hydrogen-bond acceptors (Lipinski definition) is 6. The minimum atomic E-state index is -2.43. The van der Waals surface area contributed by atoms with Crippen LogP contribution in [-0.2, 0) is 33.0 Å². The molecule has 3 aromatic rings. The van der Waals surface area contributed by atoms with Crippen LogP contribution in [0.5, 0.6) is 0 Å². The van der Waals surface area contributed by atoms with Crippen molar-refractivity contribution in [1.29, 1.82) is 0 Å². The first-order chi connectivity index (χ1) is 26.2. The second-order valence-corrected chi connectivity index (χ2v) is 17.5. The molecule has 0 heterocycles. The molecule has 0 amide bonds. The minimum Gasteiger partial charge on any atom is -0.591 e. The summed E-state index contributed by atoms with van der Waals surface area (Å²) in [5.74, 6) is 0. The van der Waals surface area contributed by atoms with E-state index in [0.29, 0.717) is 15.9 Å². The maximum Gasteiger partial charge on any atom is 3.00 e. The summed E-state index contributed by atoms with van der Waals surface area (Å²) >= 11 is 0. The quantitative estimate of drug-likeness (QED) is 0.0554. The zero-order valence-corrected chi connectivity index (χ0v) is 40.1. The first-order valence-corrected chi connectivity index (χ1v) is 24.4. The summed E-state index contributed by atoms with van der Waals surface area (Å²) in [6.07, 6.45) is 30.7. The molecular weight excluding hydrogens is 874 g/mol. The van der Waals surface area contributed by atoms with Gasteiger partial charge < -0.3 is 14.7 Å². The van der Waals surface area contributed by atoms with E-state index in [0.717, 1.165) is 19.3 Å². The molecule has 0 N–H and O–H groups in total. The summed E-state index contributed by atoms with van der Waals surface area (Å²) in [6, 6.07) is 21.7. The summed E-state index contributed by atoms with van der Waals surface area (Å²) in [5, 5.41) is 1.23. The second kappa shape index (κ2) is 37.5. The van der Waals surface area contributed by atoms with Crippen molar-refractivity contribution in [1.82, 2.24) is 0 Å². The van der Waals surface area contributed by atoms with Gasteiger partial charge in [0.15, 0.2) is 15.9 Å². The Morgan fingerprint density at radius 3 is 0.691 bits per heavy atom. The van der Waals surface area contributed by atoms with Gasteiger partial charge in [0.1, 0.15) is 0 Å². The summed E-state index contributed by atoms with van der Waals surface area (Å²) < 4.78 is 32.2. The molecule has 0 spiro atoms. The molecule has 0 aromatic heterocycles. The number of unbranched alkanes of at least 4 members (excludes halogenated alkanes) is 18. The van der Waals surface area contributed by atoms with Crippen molar-refractivity contribution in [3.8, 4) is 0 Å². The Balaban J connectivity index is 0.000000788. The molecule has 0 saturated heterocycles. The van der Waals surface area contributed by atoms with Gasteiger partial charge in [-0.25, -0.2) is 0 Å². The van der Waals surface area contributed by atoms with Crippen LogP contribution in [0.4, 0.5) is 0 Å². The minimum absolute atomic E-state index is 0. The van der Waals surface area contributed by atoms with E-state index < -0.39 is 24.1 Å². The van der Waals surface area contributed by atoms with Crippen LogP contribution < -0.4 is 30.6 Å². The maximum atomic E-state index is 10.7. The molecule has 10 heteroatoms. The summed E-state index contributed by atoms with van der Waals surface area (Å²) in [6.45, 7) is 6.71. The molecule has 0 saturated carbocycles. The van der Waals surface area contributed by atoms with E-state index in [-0.39, 0.29) is 40.8 Å². The number of benzene rings is 3. The van der Waals surface area contributed by atoms with Crippen LogP contribution in [0.15, 0.2) is 72.8 Å². The van der Waals surface area contributed by atoms with Crippen LogP contribution in [0.1, 0.15) is 172 Å². The summed E-state index contributed by atoms with van der Waals surface area (Å²) in [5.41, 5.74) is 3.72. The SMILES string of the molecule is CCCCCCCCCc1ccc([P+](=O)[O-])cc1.CCCCCCCCCc1ccc([P+](=O)[O-])cc1.CCCCCCCCCc1ccc([P+](=O)[O-])cc1.[Nd+3]. The first-order valence-electron chi connectivity index (χ1n) is 20.9. The van der Waals surface area contributed by atoms with E-state index in [9.17, 15) is 28.4 Å². The molecular formula is C45H69NdO6P3+3. The Labute approximate surface area is 370 Å². The fourth-order valence-corrected chi connectivity index (χ4v) is 7.39. The number of rotatable bonds is 27. The van der Waals surface area contributed by atoms with Crippen LogP contribution >= 0.6 is 24.1 Å². The van der Waals surface area contributed by atoms with E-state index in [1.807, 2.05) is 36.4 Å². The fraction of sp³-hybridized carbons (Fsp3) is 0.600. The Kier molecular flexibility index (Phi) is 36.9. The summed E-state index contributed by atoms with van der Waals surface area (Å²) in [4.78, 5) is 32.2. The molecule has 55 heavy (non-hydrogen) atoms. The van der Waals surface area contributed by atoms with E-state index in [4.69, 9.17) is 0 Å². The van der Waals surface area contributed by atoms with Gasteiger partial charge in [0.2, 0.25) is 0 Å². The van der Waals surface area contributed by atoms with Crippen LogP contribution in [0.3, 0.4) is 0 Å². The van der Waals surface area contributed by atoms with E-state index in [2.05, 4.69) is 20.8 Å². The second-order valence-electron chi connectivity index (χ2n) is 14.4. The van der Waals surface area contributed by atoms with Crippen molar-refractivity contribution < 1.29 is 69.2 Å². The summed E-state index contributed by atoms with van der Waals surface area (Å²) in [7, 11) is -7.30. The van der Waals surface area contributed by atoms with Crippen molar-refractivity contribution in [3.05, 3.63) is 89.5 Å². The Morgan fingerprint density at radius 2 is 0.509 bits per heavy atom. The molecule has 0 aliphatic carbocycles.